The molecule has 0 bridgehead atoms. The number of carbonyl (C=O) groups excluding carboxylic acids is 1. The molecule has 1 aliphatic carbocycles. The van der Waals surface area contributed by atoms with Gasteiger partial charge in [0.1, 0.15) is 42.7 Å². The Balaban J connectivity index is 2.40. The molecule has 1 rings (SSSR count). The van der Waals surface area contributed by atoms with Crippen LogP contribution in [0.5, 0.6) is 0 Å². The Kier molecular flexibility index (Phi) is 38.9. The molecule has 6 N–H and O–H groups in total. The van der Waals surface area contributed by atoms with Crippen molar-refractivity contribution in [3.63, 3.8) is 0 Å². The smallest absolute Gasteiger partial charge is 0.457 e. The summed E-state index contributed by atoms with van der Waals surface area (Å²) in [4.78, 5) is 23.2. The van der Waals surface area contributed by atoms with E-state index in [-0.39, 0.29) is 13.0 Å². The molecule has 66 heavy (non-hydrogen) atoms. The Labute approximate surface area is 397 Å². The van der Waals surface area contributed by atoms with Gasteiger partial charge in [0.2, 0.25) is 0 Å². The molecule has 0 amide bonds. The zero-order valence-electron chi connectivity index (χ0n) is 40.2. The van der Waals surface area contributed by atoms with Gasteiger partial charge in [-0.05, 0) is 89.9 Å². The van der Waals surface area contributed by atoms with Gasteiger partial charge in [-0.25, -0.2) is 4.57 Å². The normalized spacial score (nSPS) is 22.4. The van der Waals surface area contributed by atoms with Gasteiger partial charge in [-0.3, -0.25) is 13.8 Å². The molecule has 13 heteroatoms. The number of hydrogen-bond acceptors (Lipinski definition) is 11. The molecule has 0 spiro atoms. The molecule has 0 aromatic heterocycles. The number of phosphoric ester groups is 1. The van der Waals surface area contributed by atoms with Crippen LogP contribution in [0, 0.1) is 0 Å². The van der Waals surface area contributed by atoms with Crippen molar-refractivity contribution in [2.75, 3.05) is 19.8 Å². The summed E-state index contributed by atoms with van der Waals surface area (Å²) in [6.45, 7) is 3.94. The van der Waals surface area contributed by atoms with Crippen LogP contribution in [0.4, 0.5) is 0 Å². The summed E-state index contributed by atoms with van der Waals surface area (Å²) in [5.74, 6) is -0.540. The second-order valence-corrected chi connectivity index (χ2v) is 18.0. The van der Waals surface area contributed by atoms with Gasteiger partial charge in [0.25, 0.3) is 0 Å². The van der Waals surface area contributed by atoms with Crippen LogP contribution in [-0.2, 0) is 27.9 Å². The van der Waals surface area contributed by atoms with Crippen LogP contribution in [0.15, 0.2) is 109 Å². The molecule has 1 saturated carbocycles. The fraction of sp³-hybridized carbons (Fsp3) is 0.642. The monoisotopic (exact) mass is 947 g/mol. The minimum absolute atomic E-state index is 0.0992. The van der Waals surface area contributed by atoms with Crippen LogP contribution >= 0.6 is 7.82 Å². The third-order valence-electron chi connectivity index (χ3n) is 10.6. The number of aliphatic hydroxyl groups excluding tert-OH is 5. The third-order valence-corrected chi connectivity index (χ3v) is 11.6. The van der Waals surface area contributed by atoms with Gasteiger partial charge in [-0.2, -0.15) is 0 Å². The second-order valence-electron chi connectivity index (χ2n) is 16.5. The number of aliphatic hydroxyl groups is 5. The van der Waals surface area contributed by atoms with Crippen LogP contribution in [0.2, 0.25) is 0 Å². The van der Waals surface area contributed by atoms with Gasteiger partial charge >= 0.3 is 13.8 Å². The largest absolute Gasteiger partial charge is 0.472 e. The highest BCUT2D eigenvalue weighted by molar-refractivity contribution is 7.47. The van der Waals surface area contributed by atoms with Crippen LogP contribution in [0.1, 0.15) is 155 Å². The first kappa shape index (κ1) is 61.0. The highest BCUT2D eigenvalue weighted by Crippen LogP contribution is 2.47. The number of rotatable bonds is 40. The number of carbonyl (C=O) groups is 1. The molecular formula is C53H87O12P. The average Bonchev–Trinajstić information content (AvgIpc) is 3.30. The number of esters is 1. The van der Waals surface area contributed by atoms with E-state index in [1.807, 2.05) is 12.2 Å². The maximum absolute atomic E-state index is 12.8. The highest BCUT2D eigenvalue weighted by Gasteiger charge is 2.51. The number of hydrogen-bond donors (Lipinski definition) is 6. The Bertz CT molecular complexity index is 1500. The number of phosphoric acid groups is 1. The highest BCUT2D eigenvalue weighted by atomic mass is 31.2. The minimum atomic E-state index is -5.05. The Morgan fingerprint density at radius 1 is 0.485 bits per heavy atom. The summed E-state index contributed by atoms with van der Waals surface area (Å²) in [5, 5.41) is 50.3. The first-order valence-electron chi connectivity index (χ1n) is 24.7. The first-order chi connectivity index (χ1) is 32.0. The van der Waals surface area contributed by atoms with Crippen LogP contribution < -0.4 is 0 Å². The van der Waals surface area contributed by atoms with Gasteiger partial charge in [-0.1, -0.05) is 168 Å². The van der Waals surface area contributed by atoms with Crippen molar-refractivity contribution in [2.24, 2.45) is 0 Å². The number of allylic oxidation sites excluding steroid dienone is 18. The third kappa shape index (κ3) is 33.5. The standard InChI is InChI=1S/C53H87O12P/c1-3-5-7-9-11-13-15-17-19-21-22-23-24-25-27-29-31-33-35-37-39-41-43-62-44-46(45-63-66(60,61)65-53-51(58)49(56)48(55)50(57)52(53)59)64-47(54)42-40-38-36-34-32-30-28-26-20-18-16-14-12-10-8-6-4-2/h5-8,11-14,17-20,22-23,28,30,34,36,46,48-53,55-59H,3-4,9-10,15-16,21,24-27,29,31-33,35,37-45H2,1-2H3,(H,60,61)/b7-5-,8-6-,13-11-,14-12-,19-17-,20-18-,23-22-,30-28-,36-34-. The predicted molar refractivity (Wildman–Crippen MR) is 267 cm³/mol. The van der Waals surface area contributed by atoms with Crippen molar-refractivity contribution < 1.29 is 58.3 Å². The maximum Gasteiger partial charge on any atom is 0.472 e. The summed E-state index contributed by atoms with van der Waals surface area (Å²) < 4.78 is 34.2. The molecule has 0 saturated heterocycles. The molecule has 0 aliphatic heterocycles. The number of ether oxygens (including phenoxy) is 2. The molecule has 0 aromatic rings. The molecule has 1 aliphatic rings. The zero-order valence-corrected chi connectivity index (χ0v) is 41.1. The first-order valence-corrected chi connectivity index (χ1v) is 26.2. The quantitative estimate of drug-likeness (QED) is 0.0148. The van der Waals surface area contributed by atoms with Gasteiger partial charge in [0.15, 0.2) is 0 Å². The van der Waals surface area contributed by atoms with Gasteiger partial charge < -0.3 is 39.9 Å². The molecule has 0 aromatic carbocycles. The fourth-order valence-electron chi connectivity index (χ4n) is 6.79. The lowest BCUT2D eigenvalue weighted by molar-refractivity contribution is -0.220. The topological polar surface area (TPSA) is 192 Å². The van der Waals surface area contributed by atoms with Crippen molar-refractivity contribution in [3.05, 3.63) is 109 Å². The van der Waals surface area contributed by atoms with Crippen molar-refractivity contribution in [1.29, 1.82) is 0 Å². The van der Waals surface area contributed by atoms with Crippen molar-refractivity contribution in [1.82, 2.24) is 0 Å². The van der Waals surface area contributed by atoms with Crippen LogP contribution in [0.3, 0.4) is 0 Å². The van der Waals surface area contributed by atoms with Crippen LogP contribution in [0.25, 0.3) is 0 Å². The van der Waals surface area contributed by atoms with E-state index in [1.165, 1.54) is 32.1 Å². The minimum Gasteiger partial charge on any atom is -0.457 e. The van der Waals surface area contributed by atoms with Crippen molar-refractivity contribution >= 4 is 13.8 Å². The summed E-state index contributed by atoms with van der Waals surface area (Å²) in [6.07, 6.45) is 47.3. The molecule has 6 unspecified atom stereocenters. The van der Waals surface area contributed by atoms with E-state index in [0.717, 1.165) is 89.9 Å². The summed E-state index contributed by atoms with van der Waals surface area (Å²) >= 11 is 0. The predicted octanol–water partition coefficient (Wildman–Crippen LogP) is 10.9. The Hall–Kier alpha value is -3.00. The molecule has 376 valence electrons. The summed E-state index contributed by atoms with van der Waals surface area (Å²) in [5.41, 5.74) is 0. The lowest BCUT2D eigenvalue weighted by atomic mass is 9.85. The number of unbranched alkanes of at least 4 members (excludes halogenated alkanes) is 10. The van der Waals surface area contributed by atoms with E-state index < -0.39 is 63.1 Å². The Morgan fingerprint density at radius 2 is 0.848 bits per heavy atom. The lowest BCUT2D eigenvalue weighted by Crippen LogP contribution is -2.64. The van der Waals surface area contributed by atoms with E-state index in [0.29, 0.717) is 19.4 Å². The van der Waals surface area contributed by atoms with Gasteiger partial charge in [0.05, 0.1) is 13.2 Å². The molecule has 0 heterocycles. The molecule has 0 radical (unpaired) electrons. The summed E-state index contributed by atoms with van der Waals surface area (Å²) in [7, 11) is -5.05. The van der Waals surface area contributed by atoms with Crippen LogP contribution in [-0.4, -0.2) is 98.9 Å². The molecule has 1 fully saturated rings. The van der Waals surface area contributed by atoms with E-state index in [9.17, 15) is 39.8 Å². The lowest BCUT2D eigenvalue weighted by Gasteiger charge is -2.41. The maximum atomic E-state index is 12.8. The SMILES string of the molecule is CC/C=C\C/C=C\C/C=C\C/C=C\C/C=C\CCCC(=O)OC(COCCCCCCCCCCC/C=C\C/C=C\C/C=C\C/C=C\CC)COP(=O)(O)OC1C(O)C(O)C(O)C(O)C1O. The average molecular weight is 947 g/mol. The van der Waals surface area contributed by atoms with E-state index in [4.69, 9.17) is 18.5 Å². The van der Waals surface area contributed by atoms with Crippen molar-refractivity contribution in [2.45, 2.75) is 198 Å². The van der Waals surface area contributed by atoms with E-state index >= 15 is 0 Å². The van der Waals surface area contributed by atoms with Gasteiger partial charge in [-0.15, -0.1) is 0 Å². The Morgan fingerprint density at radius 3 is 1.29 bits per heavy atom. The van der Waals surface area contributed by atoms with E-state index in [2.05, 4.69) is 111 Å². The molecular weight excluding hydrogens is 860 g/mol. The second kappa shape index (κ2) is 42.1. The summed E-state index contributed by atoms with van der Waals surface area (Å²) in [6, 6.07) is 0. The fourth-order valence-corrected chi connectivity index (χ4v) is 7.77. The van der Waals surface area contributed by atoms with E-state index in [1.54, 1.807) is 0 Å². The zero-order chi connectivity index (χ0) is 48.4. The van der Waals surface area contributed by atoms with Crippen molar-refractivity contribution in [3.8, 4) is 0 Å². The van der Waals surface area contributed by atoms with Gasteiger partial charge in [0, 0.05) is 13.0 Å². The molecule has 6 atom stereocenters. The molecule has 12 nitrogen and oxygen atoms in total.